The minimum atomic E-state index is -0.183. The molecule has 0 radical (unpaired) electrons. The first-order valence-corrected chi connectivity index (χ1v) is 9.21. The van der Waals surface area contributed by atoms with Crippen LogP contribution in [0.15, 0.2) is 23.7 Å². The molecule has 0 atom stereocenters. The third-order valence-corrected chi connectivity index (χ3v) is 4.86. The number of carbonyl (C=O) groups excluding carboxylic acids is 1. The van der Waals surface area contributed by atoms with E-state index in [1.807, 2.05) is 24.6 Å². The van der Waals surface area contributed by atoms with Gasteiger partial charge in [0.15, 0.2) is 0 Å². The summed E-state index contributed by atoms with van der Waals surface area (Å²) in [7, 11) is 0. The molecule has 2 N–H and O–H groups in total. The third kappa shape index (κ3) is 4.67. The maximum atomic E-state index is 11.9. The molecule has 3 rings (SSSR count). The zero-order valence-corrected chi connectivity index (χ0v) is 14.7. The normalized spacial score (nSPS) is 14.5. The lowest BCUT2D eigenvalue weighted by molar-refractivity contribution is 0.240. The number of piperidine rings is 1. The van der Waals surface area contributed by atoms with Crippen LogP contribution in [-0.2, 0) is 13.1 Å². The fourth-order valence-corrected chi connectivity index (χ4v) is 3.38. The van der Waals surface area contributed by atoms with Gasteiger partial charge in [-0.05, 0) is 43.9 Å². The van der Waals surface area contributed by atoms with Gasteiger partial charge < -0.3 is 15.5 Å². The fourth-order valence-electron chi connectivity index (χ4n) is 2.77. The Kier molecular flexibility index (Phi) is 5.63. The number of amides is 2. The number of thiazole rings is 1. The van der Waals surface area contributed by atoms with Gasteiger partial charge in [0.2, 0.25) is 0 Å². The minimum Gasteiger partial charge on any atom is -0.357 e. The molecule has 0 bridgehead atoms. The molecule has 1 fully saturated rings. The van der Waals surface area contributed by atoms with E-state index in [0.717, 1.165) is 35.2 Å². The number of aromatic nitrogens is 2. The van der Waals surface area contributed by atoms with E-state index in [1.54, 1.807) is 11.3 Å². The van der Waals surface area contributed by atoms with Gasteiger partial charge in [-0.1, -0.05) is 0 Å². The first-order chi connectivity index (χ1) is 11.7. The summed E-state index contributed by atoms with van der Waals surface area (Å²) in [5.41, 5.74) is 1.95. The Morgan fingerprint density at radius 3 is 2.79 bits per heavy atom. The van der Waals surface area contributed by atoms with Crippen molar-refractivity contribution >= 4 is 23.2 Å². The Balaban J connectivity index is 1.47. The van der Waals surface area contributed by atoms with E-state index in [-0.39, 0.29) is 6.03 Å². The van der Waals surface area contributed by atoms with Crippen molar-refractivity contribution < 1.29 is 4.79 Å². The predicted octanol–water partition coefficient (Wildman–Crippen LogP) is 2.84. The summed E-state index contributed by atoms with van der Waals surface area (Å²) in [4.78, 5) is 23.0. The van der Waals surface area contributed by atoms with Crippen LogP contribution in [0, 0.1) is 6.92 Å². The highest BCUT2D eigenvalue weighted by Gasteiger charge is 2.12. The molecule has 7 heteroatoms. The van der Waals surface area contributed by atoms with Gasteiger partial charge in [-0.3, -0.25) is 0 Å². The summed E-state index contributed by atoms with van der Waals surface area (Å²) in [6.45, 7) is 5.03. The largest absolute Gasteiger partial charge is 0.357 e. The Morgan fingerprint density at radius 1 is 1.25 bits per heavy atom. The quantitative estimate of drug-likeness (QED) is 0.874. The fraction of sp³-hybridized carbons (Fsp3) is 0.471. The molecule has 6 nitrogen and oxygen atoms in total. The molecule has 24 heavy (non-hydrogen) atoms. The molecule has 0 aliphatic carbocycles. The number of hydrogen-bond donors (Lipinski definition) is 2. The smallest absolute Gasteiger partial charge is 0.315 e. The van der Waals surface area contributed by atoms with Crippen LogP contribution in [0.25, 0.3) is 0 Å². The molecular formula is C17H23N5OS. The molecule has 0 aromatic carbocycles. The number of urea groups is 1. The van der Waals surface area contributed by atoms with Gasteiger partial charge in [0.25, 0.3) is 0 Å². The first kappa shape index (κ1) is 16.7. The molecule has 2 aromatic rings. The zero-order valence-electron chi connectivity index (χ0n) is 13.9. The maximum absolute atomic E-state index is 11.9. The van der Waals surface area contributed by atoms with Crippen molar-refractivity contribution in [2.75, 3.05) is 18.0 Å². The monoisotopic (exact) mass is 345 g/mol. The van der Waals surface area contributed by atoms with Crippen molar-refractivity contribution in [3.05, 3.63) is 40.0 Å². The summed E-state index contributed by atoms with van der Waals surface area (Å²) in [6.07, 6.45) is 5.57. The number of aryl methyl sites for hydroxylation is 1. The Bertz CT molecular complexity index is 681. The SMILES string of the molecule is Cc1nc(CNC(=O)NCc2ccnc(N3CCCCC3)c2)cs1. The van der Waals surface area contributed by atoms with Gasteiger partial charge in [0.05, 0.1) is 17.2 Å². The van der Waals surface area contributed by atoms with Crippen LogP contribution in [0.3, 0.4) is 0 Å². The molecule has 1 aliphatic rings. The summed E-state index contributed by atoms with van der Waals surface area (Å²) in [5, 5.41) is 8.68. The summed E-state index contributed by atoms with van der Waals surface area (Å²) in [5.74, 6) is 1.01. The summed E-state index contributed by atoms with van der Waals surface area (Å²) < 4.78 is 0. The highest BCUT2D eigenvalue weighted by atomic mass is 32.1. The van der Waals surface area contributed by atoms with Crippen LogP contribution in [-0.4, -0.2) is 29.1 Å². The maximum Gasteiger partial charge on any atom is 0.315 e. The highest BCUT2D eigenvalue weighted by Crippen LogP contribution is 2.18. The van der Waals surface area contributed by atoms with Gasteiger partial charge in [0, 0.05) is 31.2 Å². The van der Waals surface area contributed by atoms with E-state index < -0.39 is 0 Å². The van der Waals surface area contributed by atoms with Crippen molar-refractivity contribution in [3.63, 3.8) is 0 Å². The number of anilines is 1. The molecule has 2 aromatic heterocycles. The molecule has 0 saturated carbocycles. The Morgan fingerprint density at radius 2 is 2.04 bits per heavy atom. The molecular weight excluding hydrogens is 322 g/mol. The molecule has 1 aliphatic heterocycles. The molecule has 1 saturated heterocycles. The lowest BCUT2D eigenvalue weighted by Crippen LogP contribution is -2.34. The van der Waals surface area contributed by atoms with Gasteiger partial charge in [-0.15, -0.1) is 11.3 Å². The van der Waals surface area contributed by atoms with Crippen LogP contribution < -0.4 is 15.5 Å². The number of pyridine rings is 1. The zero-order chi connectivity index (χ0) is 16.8. The van der Waals surface area contributed by atoms with E-state index in [2.05, 4.69) is 31.6 Å². The van der Waals surface area contributed by atoms with E-state index in [9.17, 15) is 4.79 Å². The topological polar surface area (TPSA) is 70.1 Å². The number of hydrogen-bond acceptors (Lipinski definition) is 5. The number of nitrogens with zero attached hydrogens (tertiary/aromatic N) is 3. The summed E-state index contributed by atoms with van der Waals surface area (Å²) in [6, 6.07) is 3.82. The van der Waals surface area contributed by atoms with Crippen molar-refractivity contribution in [2.24, 2.45) is 0 Å². The van der Waals surface area contributed by atoms with E-state index in [4.69, 9.17) is 0 Å². The van der Waals surface area contributed by atoms with Gasteiger partial charge in [-0.2, -0.15) is 0 Å². The molecule has 2 amide bonds. The summed E-state index contributed by atoms with van der Waals surface area (Å²) >= 11 is 1.59. The van der Waals surface area contributed by atoms with Crippen LogP contribution in [0.4, 0.5) is 10.6 Å². The van der Waals surface area contributed by atoms with E-state index >= 15 is 0 Å². The Hall–Kier alpha value is -2.15. The van der Waals surface area contributed by atoms with Crippen molar-refractivity contribution in [2.45, 2.75) is 39.3 Å². The number of nitrogens with one attached hydrogen (secondary N) is 2. The lowest BCUT2D eigenvalue weighted by atomic mass is 10.1. The van der Waals surface area contributed by atoms with Gasteiger partial charge in [-0.25, -0.2) is 14.8 Å². The van der Waals surface area contributed by atoms with Crippen LogP contribution in [0.2, 0.25) is 0 Å². The number of rotatable bonds is 5. The first-order valence-electron chi connectivity index (χ1n) is 8.33. The predicted molar refractivity (Wildman–Crippen MR) is 96.2 cm³/mol. The second-order valence-corrected chi connectivity index (χ2v) is 7.03. The molecule has 0 unspecified atom stereocenters. The lowest BCUT2D eigenvalue weighted by Gasteiger charge is -2.27. The van der Waals surface area contributed by atoms with Crippen molar-refractivity contribution in [1.82, 2.24) is 20.6 Å². The average Bonchev–Trinajstić information content (AvgIpc) is 3.04. The number of carbonyl (C=O) groups is 1. The standard InChI is InChI=1S/C17H23N5OS/c1-13-21-15(12-24-13)11-20-17(23)19-10-14-5-6-18-16(9-14)22-7-3-2-4-8-22/h5-6,9,12H,2-4,7-8,10-11H2,1H3,(H2,19,20,23). The van der Waals surface area contributed by atoms with Crippen molar-refractivity contribution in [3.8, 4) is 0 Å². The second kappa shape index (κ2) is 8.10. The van der Waals surface area contributed by atoms with Crippen molar-refractivity contribution in [1.29, 1.82) is 0 Å². The highest BCUT2D eigenvalue weighted by molar-refractivity contribution is 7.09. The minimum absolute atomic E-state index is 0.183. The third-order valence-electron chi connectivity index (χ3n) is 4.04. The molecule has 128 valence electrons. The van der Waals surface area contributed by atoms with E-state index in [1.165, 1.54) is 19.3 Å². The van der Waals surface area contributed by atoms with Crippen LogP contribution in [0.5, 0.6) is 0 Å². The van der Waals surface area contributed by atoms with Crippen LogP contribution in [0.1, 0.15) is 35.5 Å². The second-order valence-electron chi connectivity index (χ2n) is 5.96. The van der Waals surface area contributed by atoms with Gasteiger partial charge in [0.1, 0.15) is 5.82 Å². The van der Waals surface area contributed by atoms with Crippen LogP contribution >= 0.6 is 11.3 Å². The van der Waals surface area contributed by atoms with Gasteiger partial charge >= 0.3 is 6.03 Å². The average molecular weight is 345 g/mol. The molecule has 0 spiro atoms. The molecule has 3 heterocycles. The van der Waals surface area contributed by atoms with E-state index in [0.29, 0.717) is 13.1 Å². The Labute approximate surface area is 146 Å².